The molecule has 1 heterocycles. The Balaban J connectivity index is 1.32. The van der Waals surface area contributed by atoms with Crippen molar-refractivity contribution in [3.8, 4) is 23.0 Å². The number of benzene rings is 3. The molecule has 0 fully saturated rings. The van der Waals surface area contributed by atoms with Crippen LogP contribution in [0.4, 0.5) is 0 Å². The van der Waals surface area contributed by atoms with Crippen molar-refractivity contribution in [2.45, 2.75) is 18.8 Å². The van der Waals surface area contributed by atoms with E-state index in [0.29, 0.717) is 59.4 Å². The van der Waals surface area contributed by atoms with E-state index in [9.17, 15) is 19.8 Å². The lowest BCUT2D eigenvalue weighted by atomic mass is 9.93. The Morgan fingerprint density at radius 1 is 1.08 bits per heavy atom. The first-order chi connectivity index (χ1) is 17.3. The van der Waals surface area contributed by atoms with Crippen LogP contribution in [-0.4, -0.2) is 35.2 Å². The van der Waals surface area contributed by atoms with Gasteiger partial charge < -0.3 is 25.0 Å². The van der Waals surface area contributed by atoms with Crippen LogP contribution >= 0.6 is 23.2 Å². The van der Waals surface area contributed by atoms with Crippen molar-refractivity contribution in [1.82, 2.24) is 5.32 Å². The van der Waals surface area contributed by atoms with Crippen LogP contribution < -0.4 is 14.8 Å². The van der Waals surface area contributed by atoms with Crippen molar-refractivity contribution >= 4 is 41.2 Å². The number of nitrogens with one attached hydrogen (secondary N) is 1. The van der Waals surface area contributed by atoms with E-state index < -0.39 is 11.9 Å². The third-order valence-corrected chi connectivity index (χ3v) is 6.25. The van der Waals surface area contributed by atoms with Crippen molar-refractivity contribution in [3.63, 3.8) is 0 Å². The molecular formula is C27H23Cl2NO6. The smallest absolute Gasteiger partial charge is 0.311 e. The highest BCUT2D eigenvalue weighted by Gasteiger charge is 2.29. The Morgan fingerprint density at radius 2 is 1.86 bits per heavy atom. The molecule has 0 aromatic heterocycles. The maximum Gasteiger partial charge on any atom is 0.311 e. The monoisotopic (exact) mass is 527 g/mol. The number of carboxylic acids is 1. The first-order valence-corrected chi connectivity index (χ1v) is 12.0. The molecule has 1 atom stereocenters. The zero-order valence-electron chi connectivity index (χ0n) is 19.0. The topological polar surface area (TPSA) is 105 Å². The fourth-order valence-corrected chi connectivity index (χ4v) is 4.21. The summed E-state index contributed by atoms with van der Waals surface area (Å²) in [7, 11) is 0. The fraction of sp³-hybridized carbons (Fsp3) is 0.185. The van der Waals surface area contributed by atoms with Gasteiger partial charge in [-0.15, -0.1) is 0 Å². The van der Waals surface area contributed by atoms with E-state index in [1.807, 2.05) is 12.2 Å². The van der Waals surface area contributed by atoms with Gasteiger partial charge in [0.15, 0.2) is 0 Å². The number of phenols is 1. The van der Waals surface area contributed by atoms with Gasteiger partial charge in [-0.1, -0.05) is 35.4 Å². The van der Waals surface area contributed by atoms with Gasteiger partial charge in [-0.3, -0.25) is 9.59 Å². The molecule has 1 aliphatic rings. The lowest BCUT2D eigenvalue weighted by molar-refractivity contribution is -0.139. The fourth-order valence-electron chi connectivity index (χ4n) is 3.76. The second-order valence-corrected chi connectivity index (χ2v) is 8.94. The highest BCUT2D eigenvalue weighted by molar-refractivity contribution is 6.32. The molecule has 4 rings (SSSR count). The summed E-state index contributed by atoms with van der Waals surface area (Å²) in [4.78, 5) is 23.9. The number of rotatable bonds is 8. The Labute approximate surface area is 217 Å². The van der Waals surface area contributed by atoms with E-state index in [0.717, 1.165) is 5.56 Å². The van der Waals surface area contributed by atoms with E-state index in [1.54, 1.807) is 48.5 Å². The molecule has 186 valence electrons. The minimum Gasteiger partial charge on any atom is -0.508 e. The number of halogens is 2. The molecule has 0 bridgehead atoms. The Hall–Kier alpha value is -3.68. The zero-order valence-corrected chi connectivity index (χ0v) is 20.6. The standard InChI is InChI=1S/C27H23Cl2NO6/c28-22-13-18(31)7-4-16(22)3-1-2-11-30-26(32)17-5-8-19(9-6-17)36-25-15-24-21(14-23(25)29)20(27(33)34)10-12-35-24/h1,3-9,13-15,20,31H,2,10-12H2,(H,30,32)(H,33,34)/b3-1-. The second-order valence-electron chi connectivity index (χ2n) is 8.13. The number of aliphatic carboxylic acids is 1. The van der Waals surface area contributed by atoms with Crippen molar-refractivity contribution in [3.05, 3.63) is 87.4 Å². The Morgan fingerprint density at radius 3 is 2.58 bits per heavy atom. The van der Waals surface area contributed by atoms with Crippen LogP contribution in [0.2, 0.25) is 10.0 Å². The van der Waals surface area contributed by atoms with E-state index in [1.165, 1.54) is 6.07 Å². The number of carbonyl (C=O) groups is 2. The van der Waals surface area contributed by atoms with Gasteiger partial charge in [-0.2, -0.15) is 0 Å². The molecule has 3 N–H and O–H groups in total. The average molecular weight is 528 g/mol. The molecule has 0 saturated heterocycles. The van der Waals surface area contributed by atoms with Crippen molar-refractivity contribution < 1.29 is 29.3 Å². The lowest BCUT2D eigenvalue weighted by Crippen LogP contribution is -2.23. The number of ether oxygens (including phenoxy) is 2. The predicted molar refractivity (Wildman–Crippen MR) is 138 cm³/mol. The zero-order chi connectivity index (χ0) is 25.7. The van der Waals surface area contributed by atoms with Crippen LogP contribution in [0, 0.1) is 0 Å². The van der Waals surface area contributed by atoms with E-state index >= 15 is 0 Å². The molecule has 1 amide bonds. The minimum atomic E-state index is -0.920. The number of hydrogen-bond acceptors (Lipinski definition) is 5. The van der Waals surface area contributed by atoms with Gasteiger partial charge in [-0.25, -0.2) is 0 Å². The molecule has 0 spiro atoms. The van der Waals surface area contributed by atoms with Gasteiger partial charge in [0.05, 0.1) is 22.6 Å². The number of fused-ring (bicyclic) bond motifs is 1. The molecule has 0 aliphatic carbocycles. The minimum absolute atomic E-state index is 0.106. The first kappa shape index (κ1) is 25.4. The molecule has 1 unspecified atom stereocenters. The predicted octanol–water partition coefficient (Wildman–Crippen LogP) is 6.28. The van der Waals surface area contributed by atoms with Gasteiger partial charge in [0.2, 0.25) is 0 Å². The van der Waals surface area contributed by atoms with Crippen LogP contribution in [0.1, 0.15) is 40.2 Å². The molecular weight excluding hydrogens is 505 g/mol. The number of carboxylic acid groups (broad SMARTS) is 1. The van der Waals surface area contributed by atoms with E-state index in [4.69, 9.17) is 32.7 Å². The highest BCUT2D eigenvalue weighted by atomic mass is 35.5. The SMILES string of the molecule is O=C(NCC/C=C\c1ccc(O)cc1Cl)c1ccc(Oc2cc3c(cc2Cl)C(C(=O)O)CCO3)cc1. The van der Waals surface area contributed by atoms with E-state index in [2.05, 4.69) is 5.32 Å². The molecule has 0 saturated carbocycles. The van der Waals surface area contributed by atoms with Gasteiger partial charge in [-0.05, 0) is 66.9 Å². The number of hydrogen-bond donors (Lipinski definition) is 3. The van der Waals surface area contributed by atoms with Crippen LogP contribution in [0.25, 0.3) is 6.08 Å². The Bertz CT molecular complexity index is 1310. The molecule has 0 radical (unpaired) electrons. The summed E-state index contributed by atoms with van der Waals surface area (Å²) in [5, 5.41) is 22.4. The van der Waals surface area contributed by atoms with Gasteiger partial charge in [0.1, 0.15) is 23.0 Å². The maximum absolute atomic E-state index is 12.4. The van der Waals surface area contributed by atoms with Crippen molar-refractivity contribution in [2.75, 3.05) is 13.2 Å². The molecule has 7 nitrogen and oxygen atoms in total. The number of phenolic OH excluding ortho intramolecular Hbond substituents is 1. The third-order valence-electron chi connectivity index (χ3n) is 5.62. The summed E-state index contributed by atoms with van der Waals surface area (Å²) in [6, 6.07) is 14.5. The van der Waals surface area contributed by atoms with E-state index in [-0.39, 0.29) is 16.7 Å². The first-order valence-electron chi connectivity index (χ1n) is 11.2. The molecule has 3 aromatic carbocycles. The van der Waals surface area contributed by atoms with Crippen molar-refractivity contribution in [1.29, 1.82) is 0 Å². The highest BCUT2D eigenvalue weighted by Crippen LogP contribution is 2.41. The summed E-state index contributed by atoms with van der Waals surface area (Å²) < 4.78 is 11.5. The summed E-state index contributed by atoms with van der Waals surface area (Å²) in [5.74, 6) is -0.472. The maximum atomic E-state index is 12.4. The average Bonchev–Trinajstić information content (AvgIpc) is 2.85. The lowest BCUT2D eigenvalue weighted by Gasteiger charge is -2.24. The number of carbonyl (C=O) groups excluding carboxylic acids is 1. The summed E-state index contributed by atoms with van der Waals surface area (Å²) in [6.07, 6.45) is 4.70. The molecule has 3 aromatic rings. The van der Waals surface area contributed by atoms with Crippen molar-refractivity contribution in [2.24, 2.45) is 0 Å². The number of amides is 1. The normalized spacial score (nSPS) is 14.7. The summed E-state index contributed by atoms with van der Waals surface area (Å²) >= 11 is 12.4. The summed E-state index contributed by atoms with van der Waals surface area (Å²) in [6.45, 7) is 0.737. The van der Waals surface area contributed by atoms with Crippen LogP contribution in [0.5, 0.6) is 23.0 Å². The van der Waals surface area contributed by atoms with Gasteiger partial charge in [0, 0.05) is 23.7 Å². The summed E-state index contributed by atoms with van der Waals surface area (Å²) in [5.41, 5.74) is 1.78. The Kier molecular flexibility index (Phi) is 8.03. The number of aromatic hydroxyl groups is 1. The largest absolute Gasteiger partial charge is 0.508 e. The van der Waals surface area contributed by atoms with Gasteiger partial charge >= 0.3 is 5.97 Å². The molecule has 9 heteroatoms. The third kappa shape index (κ3) is 6.11. The van der Waals surface area contributed by atoms with Crippen LogP contribution in [0.3, 0.4) is 0 Å². The van der Waals surface area contributed by atoms with Crippen LogP contribution in [-0.2, 0) is 4.79 Å². The molecule has 36 heavy (non-hydrogen) atoms. The van der Waals surface area contributed by atoms with Gasteiger partial charge in [0.25, 0.3) is 5.91 Å². The second kappa shape index (κ2) is 11.4. The van der Waals surface area contributed by atoms with Crippen LogP contribution in [0.15, 0.2) is 60.7 Å². The quantitative estimate of drug-likeness (QED) is 0.298. The molecule has 1 aliphatic heterocycles.